The molecule has 180 valence electrons. The molecule has 0 aliphatic heterocycles. The molecule has 1 fully saturated rings. The van der Waals surface area contributed by atoms with Crippen LogP contribution in [0.3, 0.4) is 0 Å². The number of carbonyl (C=O) groups is 1. The molecule has 0 amide bonds. The van der Waals surface area contributed by atoms with Crippen molar-refractivity contribution in [2.24, 2.45) is 5.92 Å². The monoisotopic (exact) mass is 449 g/mol. The summed E-state index contributed by atoms with van der Waals surface area (Å²) < 4.78 is 0. The van der Waals surface area contributed by atoms with Crippen molar-refractivity contribution in [3.8, 4) is 0 Å². The molecule has 0 N–H and O–H groups in total. The summed E-state index contributed by atoms with van der Waals surface area (Å²) in [6.45, 7) is 18.8. The second kappa shape index (κ2) is 19.9. The first kappa shape index (κ1) is 30.2. The van der Waals surface area contributed by atoms with E-state index in [4.69, 9.17) is 0 Å². The van der Waals surface area contributed by atoms with E-state index in [1.54, 1.807) is 6.92 Å². The molecule has 0 spiro atoms. The number of hydrogen-bond donors (Lipinski definition) is 0. The number of nitrogens with zero attached hydrogens (tertiary/aromatic N) is 1. The number of rotatable bonds is 9. The third kappa shape index (κ3) is 16.5. The van der Waals surface area contributed by atoms with Gasteiger partial charge in [0.25, 0.3) is 0 Å². The Balaban J connectivity index is 0.000000463. The second-order valence-electron chi connectivity index (χ2n) is 9.03. The molecule has 3 heteroatoms. The van der Waals surface area contributed by atoms with E-state index in [1.165, 1.54) is 93.9 Å². The lowest BCUT2D eigenvalue weighted by atomic mass is 9.91. The van der Waals surface area contributed by atoms with Crippen LogP contribution in [0.4, 0.5) is 0 Å². The lowest BCUT2D eigenvalue weighted by Crippen LogP contribution is -2.25. The van der Waals surface area contributed by atoms with Gasteiger partial charge in [-0.1, -0.05) is 97.0 Å². The molecule has 0 unspecified atom stereocenters. The van der Waals surface area contributed by atoms with Crippen LogP contribution in [0.15, 0.2) is 23.1 Å². The molecule has 0 radical (unpaired) electrons. The zero-order chi connectivity index (χ0) is 23.5. The van der Waals surface area contributed by atoms with Crippen molar-refractivity contribution in [2.45, 2.75) is 118 Å². The van der Waals surface area contributed by atoms with Gasteiger partial charge < -0.3 is 4.90 Å². The van der Waals surface area contributed by atoms with Crippen LogP contribution in [-0.2, 0) is 11.2 Å². The molecule has 1 aromatic rings. The maximum atomic E-state index is 11.0. The summed E-state index contributed by atoms with van der Waals surface area (Å²) in [5.41, 5.74) is 2.51. The van der Waals surface area contributed by atoms with E-state index in [0.29, 0.717) is 0 Å². The van der Waals surface area contributed by atoms with Crippen LogP contribution >= 0.6 is 11.8 Å². The molecule has 1 saturated carbocycles. The van der Waals surface area contributed by atoms with E-state index >= 15 is 0 Å². The molecule has 0 saturated heterocycles. The smallest absolute Gasteiger partial charge is 0.190 e. The molecule has 1 aliphatic carbocycles. The normalized spacial score (nSPS) is 13.8. The first-order chi connectivity index (χ1) is 14.9. The highest BCUT2D eigenvalue weighted by molar-refractivity contribution is 8.13. The van der Waals surface area contributed by atoms with Crippen molar-refractivity contribution in [1.29, 1.82) is 0 Å². The van der Waals surface area contributed by atoms with E-state index in [0.717, 1.165) is 23.7 Å². The first-order valence-electron chi connectivity index (χ1n) is 12.9. The Bertz CT molecular complexity index is 552. The van der Waals surface area contributed by atoms with Gasteiger partial charge in [-0.2, -0.15) is 0 Å². The van der Waals surface area contributed by atoms with Crippen molar-refractivity contribution in [3.05, 3.63) is 29.3 Å². The summed E-state index contributed by atoms with van der Waals surface area (Å²) in [5, 5.41) is 0.154. The Labute approximate surface area is 199 Å². The highest BCUT2D eigenvalue weighted by Crippen LogP contribution is 2.24. The average Bonchev–Trinajstić information content (AvgIpc) is 2.73. The Morgan fingerprint density at radius 1 is 0.935 bits per heavy atom. The SMILES string of the molecule is CC1CCCCC1.CCCN(CCC)CCC.CCCc1ccc(C)c(SC(C)=O)c1. The van der Waals surface area contributed by atoms with Gasteiger partial charge in [-0.25, -0.2) is 0 Å². The quantitative estimate of drug-likeness (QED) is 0.352. The number of carbonyl (C=O) groups excluding carboxylic acids is 1. The Hall–Kier alpha value is -0.800. The summed E-state index contributed by atoms with van der Waals surface area (Å²) in [4.78, 5) is 14.6. The molecule has 1 aliphatic rings. The predicted octanol–water partition coefficient (Wildman–Crippen LogP) is 8.69. The van der Waals surface area contributed by atoms with E-state index in [-0.39, 0.29) is 5.12 Å². The van der Waals surface area contributed by atoms with E-state index in [2.05, 4.69) is 57.7 Å². The van der Waals surface area contributed by atoms with Crippen LogP contribution in [0.1, 0.15) is 110 Å². The molecule has 0 bridgehead atoms. The van der Waals surface area contributed by atoms with Crippen molar-refractivity contribution in [3.63, 3.8) is 0 Å². The number of thioether (sulfide) groups is 1. The summed E-state index contributed by atoms with van der Waals surface area (Å²) in [5.74, 6) is 1.04. The standard InChI is InChI=1S/C12H16OS.C9H21N.C7H14/c1-4-5-11-7-6-9(2)12(8-11)14-10(3)13;1-4-7-10(8-5-2)9-6-3;1-7-5-3-2-4-6-7/h6-8H,4-5H2,1-3H3;4-9H2,1-3H3;7H,2-6H2,1H3. The fraction of sp³-hybridized carbons (Fsp3) is 0.750. The lowest BCUT2D eigenvalue weighted by molar-refractivity contribution is -0.109. The first-order valence-corrected chi connectivity index (χ1v) is 13.7. The fourth-order valence-electron chi connectivity index (χ4n) is 3.94. The Morgan fingerprint density at radius 2 is 1.48 bits per heavy atom. The van der Waals surface area contributed by atoms with Gasteiger partial charge in [-0.15, -0.1) is 0 Å². The van der Waals surface area contributed by atoms with Crippen LogP contribution in [0.25, 0.3) is 0 Å². The highest BCUT2D eigenvalue weighted by Gasteiger charge is 2.06. The van der Waals surface area contributed by atoms with Crippen LogP contribution < -0.4 is 0 Å². The summed E-state index contributed by atoms with van der Waals surface area (Å²) in [6, 6.07) is 6.37. The lowest BCUT2D eigenvalue weighted by Gasteiger charge is -2.19. The fourth-order valence-corrected chi connectivity index (χ4v) is 4.69. The van der Waals surface area contributed by atoms with Gasteiger partial charge in [0.1, 0.15) is 0 Å². The summed E-state index contributed by atoms with van der Waals surface area (Å²) in [6.07, 6.45) is 13.5. The molecular formula is C28H51NOS. The minimum Gasteiger partial charge on any atom is -0.303 e. The average molecular weight is 450 g/mol. The molecule has 0 atom stereocenters. The second-order valence-corrected chi connectivity index (χ2v) is 10.2. The highest BCUT2D eigenvalue weighted by atomic mass is 32.2. The zero-order valence-electron chi connectivity index (χ0n) is 21.8. The van der Waals surface area contributed by atoms with Gasteiger partial charge in [-0.3, -0.25) is 4.79 Å². The zero-order valence-corrected chi connectivity index (χ0v) is 22.6. The van der Waals surface area contributed by atoms with Crippen molar-refractivity contribution in [2.75, 3.05) is 19.6 Å². The van der Waals surface area contributed by atoms with Crippen LogP contribution in [-0.4, -0.2) is 29.6 Å². The van der Waals surface area contributed by atoms with Crippen LogP contribution in [0.2, 0.25) is 0 Å². The summed E-state index contributed by atoms with van der Waals surface area (Å²) >= 11 is 1.33. The molecule has 0 aromatic heterocycles. The Morgan fingerprint density at radius 3 is 1.87 bits per heavy atom. The van der Waals surface area contributed by atoms with Crippen molar-refractivity contribution < 1.29 is 4.79 Å². The third-order valence-electron chi connectivity index (χ3n) is 5.56. The van der Waals surface area contributed by atoms with Crippen LogP contribution in [0, 0.1) is 12.8 Å². The van der Waals surface area contributed by atoms with E-state index in [9.17, 15) is 4.79 Å². The predicted molar refractivity (Wildman–Crippen MR) is 141 cm³/mol. The van der Waals surface area contributed by atoms with Gasteiger partial charge in [-0.05, 0) is 75.4 Å². The molecule has 31 heavy (non-hydrogen) atoms. The molecule has 1 aromatic carbocycles. The minimum atomic E-state index is 0.154. The number of aryl methyl sites for hydroxylation is 2. The van der Waals surface area contributed by atoms with Crippen LogP contribution in [0.5, 0.6) is 0 Å². The van der Waals surface area contributed by atoms with Gasteiger partial charge in [0.15, 0.2) is 5.12 Å². The van der Waals surface area contributed by atoms with Crippen molar-refractivity contribution >= 4 is 16.9 Å². The van der Waals surface area contributed by atoms with Gasteiger partial charge in [0.2, 0.25) is 0 Å². The Kier molecular flexibility index (Phi) is 19.3. The molecule has 0 heterocycles. The largest absolute Gasteiger partial charge is 0.303 e. The minimum absolute atomic E-state index is 0.154. The topological polar surface area (TPSA) is 20.3 Å². The maximum absolute atomic E-state index is 11.0. The molecule has 2 rings (SSSR count). The van der Waals surface area contributed by atoms with Gasteiger partial charge in [0, 0.05) is 11.8 Å². The molecule has 2 nitrogen and oxygen atoms in total. The van der Waals surface area contributed by atoms with Crippen molar-refractivity contribution in [1.82, 2.24) is 4.90 Å². The van der Waals surface area contributed by atoms with E-state index in [1.807, 2.05) is 6.92 Å². The maximum Gasteiger partial charge on any atom is 0.190 e. The number of benzene rings is 1. The van der Waals surface area contributed by atoms with Gasteiger partial charge in [0.05, 0.1) is 0 Å². The number of hydrogen-bond acceptors (Lipinski definition) is 3. The third-order valence-corrected chi connectivity index (χ3v) is 6.51. The van der Waals surface area contributed by atoms with E-state index < -0.39 is 0 Å². The van der Waals surface area contributed by atoms with Gasteiger partial charge >= 0.3 is 0 Å². The summed E-state index contributed by atoms with van der Waals surface area (Å²) in [7, 11) is 0. The molecular weight excluding hydrogens is 398 g/mol.